The van der Waals surface area contributed by atoms with Crippen molar-refractivity contribution in [3.05, 3.63) is 29.8 Å². The van der Waals surface area contributed by atoms with Gasteiger partial charge in [0, 0.05) is 12.6 Å². The summed E-state index contributed by atoms with van der Waals surface area (Å²) in [5.74, 6) is -0.174. The van der Waals surface area contributed by atoms with Crippen LogP contribution in [-0.4, -0.2) is 41.7 Å². The first kappa shape index (κ1) is 14.9. The lowest BCUT2D eigenvalue weighted by Crippen LogP contribution is -2.36. The Morgan fingerprint density at radius 1 is 1.30 bits per heavy atom. The monoisotopic (exact) mass is 277 g/mol. The number of nitrogens with zero attached hydrogens (tertiary/aromatic N) is 1. The molecule has 0 bridgehead atoms. The Balaban J connectivity index is 1.78. The highest BCUT2D eigenvalue weighted by Crippen LogP contribution is 2.23. The van der Waals surface area contributed by atoms with E-state index in [4.69, 9.17) is 9.84 Å². The first-order chi connectivity index (χ1) is 9.70. The van der Waals surface area contributed by atoms with Crippen LogP contribution in [0.1, 0.15) is 43.0 Å². The second-order valence-corrected chi connectivity index (χ2v) is 5.24. The maximum Gasteiger partial charge on any atom is 0.335 e. The summed E-state index contributed by atoms with van der Waals surface area (Å²) in [6.07, 6.45) is 5.31. The quantitative estimate of drug-likeness (QED) is 0.832. The second kappa shape index (κ2) is 7.29. The van der Waals surface area contributed by atoms with Crippen molar-refractivity contribution < 1.29 is 14.6 Å². The molecule has 0 spiro atoms. The summed E-state index contributed by atoms with van der Waals surface area (Å²) in [6, 6.07) is 7.31. The molecular formula is C16H23NO3. The van der Waals surface area contributed by atoms with E-state index in [2.05, 4.69) is 11.8 Å². The van der Waals surface area contributed by atoms with Crippen LogP contribution < -0.4 is 4.74 Å². The van der Waals surface area contributed by atoms with Gasteiger partial charge in [-0.1, -0.05) is 19.8 Å². The highest BCUT2D eigenvalue weighted by Gasteiger charge is 2.20. The van der Waals surface area contributed by atoms with Gasteiger partial charge in [0.05, 0.1) is 5.56 Å². The maximum atomic E-state index is 10.8. The number of hydrogen-bond acceptors (Lipinski definition) is 3. The molecule has 0 radical (unpaired) electrons. The summed E-state index contributed by atoms with van der Waals surface area (Å²) in [7, 11) is 0. The van der Waals surface area contributed by atoms with Gasteiger partial charge in [0.2, 0.25) is 0 Å². The van der Waals surface area contributed by atoms with E-state index in [-0.39, 0.29) is 0 Å². The van der Waals surface area contributed by atoms with E-state index in [0.717, 1.165) is 24.9 Å². The molecule has 1 aliphatic carbocycles. The Morgan fingerprint density at radius 3 is 2.50 bits per heavy atom. The SMILES string of the molecule is CCN(CCOc1ccc(C(=O)O)cc1)C1CCCC1. The fourth-order valence-electron chi connectivity index (χ4n) is 2.84. The molecule has 1 aliphatic rings. The molecule has 0 amide bonds. The van der Waals surface area contributed by atoms with Crippen molar-refractivity contribution in [2.24, 2.45) is 0 Å². The number of carboxylic acids is 1. The molecule has 0 atom stereocenters. The Kier molecular flexibility index (Phi) is 5.41. The Labute approximate surface area is 120 Å². The van der Waals surface area contributed by atoms with Crippen LogP contribution in [-0.2, 0) is 0 Å². The minimum absolute atomic E-state index is 0.290. The van der Waals surface area contributed by atoms with Crippen LogP contribution in [0.25, 0.3) is 0 Å². The summed E-state index contributed by atoms with van der Waals surface area (Å²) < 4.78 is 5.70. The molecule has 1 aromatic carbocycles. The number of carbonyl (C=O) groups is 1. The molecule has 0 aromatic heterocycles. The highest BCUT2D eigenvalue weighted by molar-refractivity contribution is 5.87. The van der Waals surface area contributed by atoms with Gasteiger partial charge in [-0.25, -0.2) is 4.79 Å². The van der Waals surface area contributed by atoms with Gasteiger partial charge in [-0.3, -0.25) is 4.90 Å². The van der Waals surface area contributed by atoms with Crippen LogP contribution in [0.5, 0.6) is 5.75 Å². The molecule has 1 N–H and O–H groups in total. The first-order valence-electron chi connectivity index (χ1n) is 7.41. The number of aromatic carboxylic acids is 1. The molecule has 1 fully saturated rings. The van der Waals surface area contributed by atoms with E-state index in [1.165, 1.54) is 25.7 Å². The molecule has 1 aromatic rings. The van der Waals surface area contributed by atoms with Crippen molar-refractivity contribution in [3.63, 3.8) is 0 Å². The third kappa shape index (κ3) is 3.97. The molecule has 2 rings (SSSR count). The van der Waals surface area contributed by atoms with Crippen LogP contribution in [0.2, 0.25) is 0 Å². The number of rotatable bonds is 7. The smallest absolute Gasteiger partial charge is 0.335 e. The standard InChI is InChI=1S/C16H23NO3/c1-2-17(14-5-3-4-6-14)11-12-20-15-9-7-13(8-10-15)16(18)19/h7-10,14H,2-6,11-12H2,1H3,(H,18,19). The number of hydrogen-bond donors (Lipinski definition) is 1. The van der Waals surface area contributed by atoms with Gasteiger partial charge in [0.25, 0.3) is 0 Å². The number of likely N-dealkylation sites (N-methyl/N-ethyl adjacent to an activating group) is 1. The lowest BCUT2D eigenvalue weighted by molar-refractivity contribution is 0.0697. The van der Waals surface area contributed by atoms with E-state index >= 15 is 0 Å². The Bertz CT molecular complexity index is 424. The molecule has 0 saturated heterocycles. The van der Waals surface area contributed by atoms with Crippen LogP contribution in [0.15, 0.2) is 24.3 Å². The average Bonchev–Trinajstić information content (AvgIpc) is 2.98. The van der Waals surface area contributed by atoms with Gasteiger partial charge in [0.15, 0.2) is 0 Å². The number of ether oxygens (including phenoxy) is 1. The molecule has 4 heteroatoms. The van der Waals surface area contributed by atoms with Crippen molar-refractivity contribution in [2.45, 2.75) is 38.6 Å². The summed E-state index contributed by atoms with van der Waals surface area (Å²) >= 11 is 0. The maximum absolute atomic E-state index is 10.8. The second-order valence-electron chi connectivity index (χ2n) is 5.24. The predicted molar refractivity (Wildman–Crippen MR) is 78.4 cm³/mol. The molecule has 0 heterocycles. The van der Waals surface area contributed by atoms with Crippen LogP contribution in [0.4, 0.5) is 0 Å². The topological polar surface area (TPSA) is 49.8 Å². The summed E-state index contributed by atoms with van der Waals surface area (Å²) in [5, 5.41) is 8.83. The Morgan fingerprint density at radius 2 is 1.95 bits per heavy atom. The van der Waals surface area contributed by atoms with Crippen molar-refractivity contribution in [1.29, 1.82) is 0 Å². The number of benzene rings is 1. The van der Waals surface area contributed by atoms with E-state index in [1.807, 2.05) is 0 Å². The van der Waals surface area contributed by atoms with Crippen LogP contribution >= 0.6 is 0 Å². The van der Waals surface area contributed by atoms with E-state index < -0.39 is 5.97 Å². The normalized spacial score (nSPS) is 15.7. The third-order valence-corrected chi connectivity index (χ3v) is 4.00. The van der Waals surface area contributed by atoms with Crippen molar-refractivity contribution in [1.82, 2.24) is 4.90 Å². The van der Waals surface area contributed by atoms with E-state index in [9.17, 15) is 4.79 Å². The lowest BCUT2D eigenvalue weighted by atomic mass is 10.2. The zero-order valence-electron chi connectivity index (χ0n) is 12.0. The van der Waals surface area contributed by atoms with Gasteiger partial charge >= 0.3 is 5.97 Å². The Hall–Kier alpha value is -1.55. The summed E-state index contributed by atoms with van der Waals surface area (Å²) in [6.45, 7) is 4.84. The minimum atomic E-state index is -0.907. The minimum Gasteiger partial charge on any atom is -0.492 e. The molecule has 110 valence electrons. The number of carboxylic acid groups (broad SMARTS) is 1. The van der Waals surface area contributed by atoms with Crippen LogP contribution in [0.3, 0.4) is 0 Å². The van der Waals surface area contributed by atoms with Crippen molar-refractivity contribution >= 4 is 5.97 Å². The zero-order valence-corrected chi connectivity index (χ0v) is 12.0. The summed E-state index contributed by atoms with van der Waals surface area (Å²) in [5.41, 5.74) is 0.290. The predicted octanol–water partition coefficient (Wildman–Crippen LogP) is 3.03. The molecule has 20 heavy (non-hydrogen) atoms. The first-order valence-corrected chi connectivity index (χ1v) is 7.41. The molecule has 0 unspecified atom stereocenters. The van der Waals surface area contributed by atoms with Gasteiger partial charge in [-0.05, 0) is 43.7 Å². The molecule has 1 saturated carbocycles. The van der Waals surface area contributed by atoms with Gasteiger partial charge < -0.3 is 9.84 Å². The van der Waals surface area contributed by atoms with Gasteiger partial charge in [-0.15, -0.1) is 0 Å². The fourth-order valence-corrected chi connectivity index (χ4v) is 2.84. The summed E-state index contributed by atoms with van der Waals surface area (Å²) in [4.78, 5) is 13.2. The fraction of sp³-hybridized carbons (Fsp3) is 0.562. The van der Waals surface area contributed by atoms with E-state index in [0.29, 0.717) is 12.2 Å². The van der Waals surface area contributed by atoms with Crippen molar-refractivity contribution in [3.8, 4) is 5.75 Å². The highest BCUT2D eigenvalue weighted by atomic mass is 16.5. The van der Waals surface area contributed by atoms with Crippen molar-refractivity contribution in [2.75, 3.05) is 19.7 Å². The van der Waals surface area contributed by atoms with Crippen LogP contribution in [0, 0.1) is 0 Å². The largest absolute Gasteiger partial charge is 0.492 e. The van der Waals surface area contributed by atoms with Gasteiger partial charge in [-0.2, -0.15) is 0 Å². The zero-order chi connectivity index (χ0) is 14.4. The average molecular weight is 277 g/mol. The van der Waals surface area contributed by atoms with E-state index in [1.54, 1.807) is 24.3 Å². The van der Waals surface area contributed by atoms with Gasteiger partial charge in [0.1, 0.15) is 12.4 Å². The third-order valence-electron chi connectivity index (χ3n) is 4.00. The molecular weight excluding hydrogens is 254 g/mol. The molecule has 0 aliphatic heterocycles. The molecule has 4 nitrogen and oxygen atoms in total. The lowest BCUT2D eigenvalue weighted by Gasteiger charge is -2.27.